The van der Waals surface area contributed by atoms with Crippen molar-refractivity contribution in [3.63, 3.8) is 0 Å². The molecule has 2 heterocycles. The highest BCUT2D eigenvalue weighted by Crippen LogP contribution is 2.28. The summed E-state index contributed by atoms with van der Waals surface area (Å²) in [7, 11) is 3.25. The second-order valence-corrected chi connectivity index (χ2v) is 8.05. The van der Waals surface area contributed by atoms with Crippen LogP contribution in [0.5, 0.6) is 5.75 Å². The molecule has 1 aromatic carbocycles. The van der Waals surface area contributed by atoms with Crippen LogP contribution in [-0.2, 0) is 16.0 Å². The van der Waals surface area contributed by atoms with Gasteiger partial charge in [-0.15, -0.1) is 0 Å². The van der Waals surface area contributed by atoms with E-state index in [1.807, 2.05) is 48.6 Å². The van der Waals surface area contributed by atoms with Gasteiger partial charge in [-0.2, -0.15) is 4.99 Å². The monoisotopic (exact) mass is 411 g/mol. The predicted molar refractivity (Wildman–Crippen MR) is 113 cm³/mol. The van der Waals surface area contributed by atoms with Crippen LogP contribution in [0.2, 0.25) is 0 Å². The van der Waals surface area contributed by atoms with E-state index in [1.54, 1.807) is 11.9 Å². The molecule has 2 aliphatic heterocycles. The van der Waals surface area contributed by atoms with Gasteiger partial charge >= 0.3 is 5.24 Å². The number of amidine groups is 1. The third kappa shape index (κ3) is 4.12. The van der Waals surface area contributed by atoms with Crippen molar-refractivity contribution in [3.8, 4) is 5.75 Å². The van der Waals surface area contributed by atoms with Crippen molar-refractivity contribution in [1.29, 1.82) is 0 Å². The van der Waals surface area contributed by atoms with Gasteiger partial charge in [-0.25, -0.2) is 0 Å². The SMILES string of the molecule is COC1=NC(=O)SC1Cc1ccc(OCC2=NC3C=CC=CC3C(=O)N2C)cc1. The molecular weight excluding hydrogens is 390 g/mol. The summed E-state index contributed by atoms with van der Waals surface area (Å²) in [6.45, 7) is 0.218. The fourth-order valence-electron chi connectivity index (χ4n) is 3.44. The fourth-order valence-corrected chi connectivity index (χ4v) is 4.35. The minimum absolute atomic E-state index is 0.0266. The number of nitrogens with zero attached hydrogens (tertiary/aromatic N) is 3. The second-order valence-electron chi connectivity index (χ2n) is 6.89. The third-order valence-corrected chi connectivity index (χ3v) is 5.99. The molecule has 0 bridgehead atoms. The Kier molecular flexibility index (Phi) is 5.53. The molecule has 0 fully saturated rings. The number of thioether (sulfide) groups is 1. The van der Waals surface area contributed by atoms with Crippen molar-refractivity contribution in [3.05, 3.63) is 54.1 Å². The maximum atomic E-state index is 12.5. The molecule has 0 spiro atoms. The first kappa shape index (κ1) is 19.4. The molecule has 2 amide bonds. The zero-order valence-electron chi connectivity index (χ0n) is 16.1. The first-order chi connectivity index (χ1) is 14.0. The van der Waals surface area contributed by atoms with Gasteiger partial charge in [0.2, 0.25) is 11.8 Å². The van der Waals surface area contributed by atoms with Crippen molar-refractivity contribution >= 4 is 34.6 Å². The lowest BCUT2D eigenvalue weighted by atomic mass is 9.92. The Labute approximate surface area is 173 Å². The van der Waals surface area contributed by atoms with Crippen molar-refractivity contribution in [1.82, 2.24) is 4.90 Å². The number of hydrogen-bond acceptors (Lipinski definition) is 6. The van der Waals surface area contributed by atoms with Gasteiger partial charge in [0.15, 0.2) is 0 Å². The normalized spacial score (nSPS) is 25.6. The lowest BCUT2D eigenvalue weighted by molar-refractivity contribution is -0.130. The highest BCUT2D eigenvalue weighted by molar-refractivity contribution is 8.15. The van der Waals surface area contributed by atoms with E-state index in [2.05, 4.69) is 9.98 Å². The third-order valence-electron chi connectivity index (χ3n) is 5.05. The fraction of sp³-hybridized carbons (Fsp3) is 0.333. The van der Waals surface area contributed by atoms with Crippen molar-refractivity contribution in [2.45, 2.75) is 17.7 Å². The number of likely N-dealkylation sites (N-methyl/N-ethyl adjacent to an activating group) is 1. The van der Waals surface area contributed by atoms with Crippen molar-refractivity contribution in [2.24, 2.45) is 15.9 Å². The van der Waals surface area contributed by atoms with Gasteiger partial charge in [0.25, 0.3) is 0 Å². The second kappa shape index (κ2) is 8.24. The Hall–Kier alpha value is -2.87. The molecule has 0 saturated carbocycles. The highest BCUT2D eigenvalue weighted by Gasteiger charge is 2.34. The van der Waals surface area contributed by atoms with Gasteiger partial charge in [0.1, 0.15) is 18.2 Å². The molecule has 29 heavy (non-hydrogen) atoms. The number of carbonyl (C=O) groups excluding carboxylic acids is 2. The maximum Gasteiger partial charge on any atom is 0.308 e. The Morgan fingerprint density at radius 3 is 2.66 bits per heavy atom. The highest BCUT2D eigenvalue weighted by atomic mass is 32.2. The molecule has 8 heteroatoms. The van der Waals surface area contributed by atoms with E-state index in [-0.39, 0.29) is 35.0 Å². The summed E-state index contributed by atoms with van der Waals surface area (Å²) in [5, 5.41) is -0.315. The van der Waals surface area contributed by atoms with Gasteiger partial charge in [0, 0.05) is 7.05 Å². The Balaban J connectivity index is 1.37. The smallest absolute Gasteiger partial charge is 0.308 e. The van der Waals surface area contributed by atoms with Crippen LogP contribution >= 0.6 is 11.8 Å². The maximum absolute atomic E-state index is 12.5. The van der Waals surface area contributed by atoms with Crippen LogP contribution in [0.25, 0.3) is 0 Å². The molecule has 3 atom stereocenters. The summed E-state index contributed by atoms with van der Waals surface area (Å²) < 4.78 is 11.0. The Bertz CT molecular complexity index is 936. The van der Waals surface area contributed by atoms with Gasteiger partial charge in [-0.05, 0) is 35.9 Å². The van der Waals surface area contributed by atoms with E-state index in [4.69, 9.17) is 9.47 Å². The largest absolute Gasteiger partial charge is 0.486 e. The molecule has 0 N–H and O–H groups in total. The number of ether oxygens (including phenoxy) is 2. The van der Waals surface area contributed by atoms with E-state index in [9.17, 15) is 9.59 Å². The molecule has 1 aromatic rings. The van der Waals surface area contributed by atoms with Crippen LogP contribution in [0.15, 0.2) is 58.6 Å². The van der Waals surface area contributed by atoms with Gasteiger partial charge in [-0.1, -0.05) is 36.4 Å². The lowest BCUT2D eigenvalue weighted by Crippen LogP contribution is -2.48. The lowest BCUT2D eigenvalue weighted by Gasteiger charge is -2.32. The topological polar surface area (TPSA) is 80.6 Å². The van der Waals surface area contributed by atoms with Gasteiger partial charge in [0.05, 0.1) is 24.3 Å². The number of carbonyl (C=O) groups is 2. The van der Waals surface area contributed by atoms with Crippen LogP contribution in [0, 0.1) is 5.92 Å². The molecule has 0 aromatic heterocycles. The summed E-state index contributed by atoms with van der Waals surface area (Å²) in [5.74, 6) is 1.57. The molecule has 0 saturated heterocycles. The predicted octanol–water partition coefficient (Wildman–Crippen LogP) is 2.87. The number of rotatable bonds is 5. The Morgan fingerprint density at radius 2 is 1.90 bits per heavy atom. The summed E-state index contributed by atoms with van der Waals surface area (Å²) >= 11 is 1.17. The van der Waals surface area contributed by atoms with Gasteiger partial charge < -0.3 is 14.4 Å². The van der Waals surface area contributed by atoms with E-state index in [1.165, 1.54) is 18.9 Å². The zero-order chi connectivity index (χ0) is 20.4. The van der Waals surface area contributed by atoms with Crippen LogP contribution in [0.3, 0.4) is 0 Å². The first-order valence-corrected chi connectivity index (χ1v) is 10.2. The van der Waals surface area contributed by atoms with Crippen molar-refractivity contribution < 1.29 is 19.1 Å². The first-order valence-electron chi connectivity index (χ1n) is 9.29. The average molecular weight is 411 g/mol. The zero-order valence-corrected chi connectivity index (χ0v) is 17.0. The number of methoxy groups -OCH3 is 1. The van der Waals surface area contributed by atoms with Crippen LogP contribution in [-0.4, -0.2) is 59.8 Å². The summed E-state index contributed by atoms with van der Waals surface area (Å²) in [6, 6.07) is 7.49. The molecule has 1 aliphatic carbocycles. The molecule has 3 aliphatic rings. The molecular formula is C21H21N3O4S. The number of fused-ring (bicyclic) bond motifs is 1. The van der Waals surface area contributed by atoms with E-state index in [0.29, 0.717) is 23.9 Å². The van der Waals surface area contributed by atoms with Gasteiger partial charge in [-0.3, -0.25) is 14.6 Å². The number of amides is 2. The Morgan fingerprint density at radius 1 is 1.14 bits per heavy atom. The summed E-state index contributed by atoms with van der Waals surface area (Å²) in [5.41, 5.74) is 1.05. The van der Waals surface area contributed by atoms with Crippen LogP contribution in [0.1, 0.15) is 5.56 Å². The van der Waals surface area contributed by atoms with Crippen LogP contribution < -0.4 is 4.74 Å². The average Bonchev–Trinajstić information content (AvgIpc) is 3.10. The quantitative estimate of drug-likeness (QED) is 0.744. The van der Waals surface area contributed by atoms with Crippen molar-refractivity contribution in [2.75, 3.05) is 20.8 Å². The van der Waals surface area contributed by atoms with Crippen LogP contribution in [0.4, 0.5) is 4.79 Å². The molecule has 7 nitrogen and oxygen atoms in total. The minimum Gasteiger partial charge on any atom is -0.486 e. The summed E-state index contributed by atoms with van der Waals surface area (Å²) in [6.07, 6.45) is 8.27. The molecule has 150 valence electrons. The number of benzene rings is 1. The van der Waals surface area contributed by atoms with E-state index in [0.717, 1.165) is 5.56 Å². The minimum atomic E-state index is -0.228. The van der Waals surface area contributed by atoms with E-state index < -0.39 is 0 Å². The van der Waals surface area contributed by atoms with E-state index >= 15 is 0 Å². The number of hydrogen-bond donors (Lipinski definition) is 0. The summed E-state index contributed by atoms with van der Waals surface area (Å²) in [4.78, 5) is 34.1. The molecule has 3 unspecified atom stereocenters. The standard InChI is InChI=1S/C21H21N3O4S/c1-24-18(22-16-6-4-3-5-15(16)20(24)25)12-28-14-9-7-13(8-10-14)11-17-19(27-2)23-21(26)29-17/h3-10,15-17H,11-12H2,1-2H3. The molecule has 4 rings (SSSR count). The number of aliphatic imine (C=N–C) groups is 2. The molecule has 0 radical (unpaired) electrons. The number of allylic oxidation sites excluding steroid dienone is 2.